The van der Waals surface area contributed by atoms with Gasteiger partial charge in [0.2, 0.25) is 5.91 Å². The molecule has 124 valence electrons. The van der Waals surface area contributed by atoms with Crippen LogP contribution < -0.4 is 11.1 Å². The first-order valence-electron chi connectivity index (χ1n) is 8.36. The van der Waals surface area contributed by atoms with Crippen molar-refractivity contribution in [1.29, 1.82) is 0 Å². The van der Waals surface area contributed by atoms with Crippen molar-refractivity contribution in [2.45, 2.75) is 26.2 Å². The molecular weight excluding hydrogens is 298 g/mol. The van der Waals surface area contributed by atoms with E-state index in [0.29, 0.717) is 18.7 Å². The Morgan fingerprint density at radius 3 is 2.67 bits per heavy atom. The van der Waals surface area contributed by atoms with Crippen LogP contribution in [0.4, 0.5) is 5.69 Å². The normalized spacial score (nSPS) is 10.9. The number of benzene rings is 2. The average molecular weight is 321 g/mol. The lowest BCUT2D eigenvalue weighted by atomic mass is 10.1. The maximum Gasteiger partial charge on any atom is 0.224 e. The second kappa shape index (κ2) is 7.21. The molecule has 0 fully saturated rings. The van der Waals surface area contributed by atoms with Crippen LogP contribution in [0.2, 0.25) is 0 Å². The maximum atomic E-state index is 12.0. The van der Waals surface area contributed by atoms with Gasteiger partial charge >= 0.3 is 0 Å². The molecule has 0 spiro atoms. The molecule has 1 aromatic heterocycles. The van der Waals surface area contributed by atoms with Crippen LogP contribution in [-0.2, 0) is 24.1 Å². The maximum absolute atomic E-state index is 12.0. The number of nitrogen functional groups attached to an aromatic ring is 1. The van der Waals surface area contributed by atoms with Gasteiger partial charge in [0.05, 0.1) is 6.42 Å². The van der Waals surface area contributed by atoms with Gasteiger partial charge < -0.3 is 16.0 Å². The molecule has 0 aliphatic rings. The smallest absolute Gasteiger partial charge is 0.224 e. The van der Waals surface area contributed by atoms with Gasteiger partial charge in [-0.05, 0) is 41.7 Å². The second-order valence-corrected chi connectivity index (χ2v) is 6.03. The molecule has 0 aliphatic heterocycles. The van der Waals surface area contributed by atoms with E-state index in [1.807, 2.05) is 24.3 Å². The Labute approximate surface area is 142 Å². The van der Waals surface area contributed by atoms with Crippen LogP contribution in [0.5, 0.6) is 0 Å². The standard InChI is InChI=1S/C20H23N3O/c1-2-15-4-3-5-18-16(13-23-20(15)18)10-11-22-19(24)12-14-6-8-17(21)9-7-14/h3-9,13,23H,2,10-12,21H2,1H3,(H,22,24). The number of carbonyl (C=O) groups is 1. The molecule has 4 N–H and O–H groups in total. The van der Waals surface area contributed by atoms with Gasteiger partial charge in [0.1, 0.15) is 0 Å². The fourth-order valence-corrected chi connectivity index (χ4v) is 3.00. The minimum Gasteiger partial charge on any atom is -0.399 e. The Morgan fingerprint density at radius 1 is 1.12 bits per heavy atom. The highest BCUT2D eigenvalue weighted by Gasteiger charge is 2.07. The number of aromatic nitrogens is 1. The Morgan fingerprint density at radius 2 is 1.92 bits per heavy atom. The number of para-hydroxylation sites is 1. The number of amides is 1. The summed E-state index contributed by atoms with van der Waals surface area (Å²) in [5.74, 6) is 0.0360. The first kappa shape index (κ1) is 16.1. The summed E-state index contributed by atoms with van der Waals surface area (Å²) in [5.41, 5.74) is 11.1. The minimum absolute atomic E-state index is 0.0360. The second-order valence-electron chi connectivity index (χ2n) is 6.03. The number of nitrogens with two attached hydrogens (primary N) is 1. The van der Waals surface area contributed by atoms with E-state index in [-0.39, 0.29) is 5.91 Å². The molecule has 4 nitrogen and oxygen atoms in total. The molecule has 4 heteroatoms. The predicted octanol–water partition coefficient (Wildman–Crippen LogP) is 3.21. The van der Waals surface area contributed by atoms with Crippen molar-refractivity contribution in [2.75, 3.05) is 12.3 Å². The largest absolute Gasteiger partial charge is 0.399 e. The monoisotopic (exact) mass is 321 g/mol. The van der Waals surface area contributed by atoms with E-state index in [0.717, 1.165) is 18.4 Å². The van der Waals surface area contributed by atoms with Crippen molar-refractivity contribution in [2.24, 2.45) is 0 Å². The fourth-order valence-electron chi connectivity index (χ4n) is 3.00. The van der Waals surface area contributed by atoms with E-state index < -0.39 is 0 Å². The van der Waals surface area contributed by atoms with E-state index in [2.05, 4.69) is 41.6 Å². The summed E-state index contributed by atoms with van der Waals surface area (Å²) < 4.78 is 0. The predicted molar refractivity (Wildman–Crippen MR) is 98.9 cm³/mol. The Bertz CT molecular complexity index is 834. The number of aromatic amines is 1. The van der Waals surface area contributed by atoms with Crippen LogP contribution >= 0.6 is 0 Å². The Kier molecular flexibility index (Phi) is 4.85. The van der Waals surface area contributed by atoms with Gasteiger partial charge in [0.25, 0.3) is 0 Å². The lowest BCUT2D eigenvalue weighted by Gasteiger charge is -2.06. The van der Waals surface area contributed by atoms with Gasteiger partial charge in [-0.15, -0.1) is 0 Å². The molecule has 0 saturated carbocycles. The first-order chi connectivity index (χ1) is 11.7. The summed E-state index contributed by atoms with van der Waals surface area (Å²) >= 11 is 0. The molecular formula is C20H23N3O. The van der Waals surface area contributed by atoms with E-state index >= 15 is 0 Å². The Hall–Kier alpha value is -2.75. The van der Waals surface area contributed by atoms with Gasteiger partial charge in [-0.1, -0.05) is 37.3 Å². The summed E-state index contributed by atoms with van der Waals surface area (Å²) in [5, 5.41) is 4.25. The van der Waals surface area contributed by atoms with E-state index in [1.54, 1.807) is 0 Å². The zero-order valence-corrected chi connectivity index (χ0v) is 13.9. The SMILES string of the molecule is CCc1cccc2c(CCNC(=O)Cc3ccc(N)cc3)c[nH]c12. The number of hydrogen-bond acceptors (Lipinski definition) is 2. The highest BCUT2D eigenvalue weighted by atomic mass is 16.1. The average Bonchev–Trinajstić information content (AvgIpc) is 3.00. The van der Waals surface area contributed by atoms with E-state index in [9.17, 15) is 4.79 Å². The third-order valence-corrected chi connectivity index (χ3v) is 4.33. The van der Waals surface area contributed by atoms with Gasteiger partial charge in [-0.25, -0.2) is 0 Å². The molecule has 0 atom stereocenters. The number of carbonyl (C=O) groups excluding carboxylic acids is 1. The quantitative estimate of drug-likeness (QED) is 0.610. The molecule has 0 unspecified atom stereocenters. The summed E-state index contributed by atoms with van der Waals surface area (Å²) in [6.45, 7) is 2.80. The zero-order chi connectivity index (χ0) is 16.9. The van der Waals surface area contributed by atoms with E-state index in [1.165, 1.54) is 22.0 Å². The molecule has 0 radical (unpaired) electrons. The van der Waals surface area contributed by atoms with Gasteiger partial charge in [-0.3, -0.25) is 4.79 Å². The number of aryl methyl sites for hydroxylation is 1. The minimum atomic E-state index is 0.0360. The number of H-pyrrole nitrogens is 1. The number of anilines is 1. The van der Waals surface area contributed by atoms with Crippen molar-refractivity contribution in [1.82, 2.24) is 10.3 Å². The van der Waals surface area contributed by atoms with Crippen molar-refractivity contribution in [3.05, 3.63) is 65.4 Å². The van der Waals surface area contributed by atoms with Gasteiger partial charge in [0, 0.05) is 29.3 Å². The van der Waals surface area contributed by atoms with Crippen molar-refractivity contribution in [3.63, 3.8) is 0 Å². The third kappa shape index (κ3) is 3.59. The molecule has 3 rings (SSSR count). The number of nitrogens with one attached hydrogen (secondary N) is 2. The molecule has 1 amide bonds. The molecule has 0 aliphatic carbocycles. The molecule has 0 saturated heterocycles. The molecule has 24 heavy (non-hydrogen) atoms. The summed E-state index contributed by atoms with van der Waals surface area (Å²) in [6, 6.07) is 13.8. The highest BCUT2D eigenvalue weighted by molar-refractivity contribution is 5.86. The van der Waals surface area contributed by atoms with Crippen LogP contribution in [0.3, 0.4) is 0 Å². The molecule has 0 bridgehead atoms. The molecule has 3 aromatic rings. The first-order valence-corrected chi connectivity index (χ1v) is 8.36. The Balaban J connectivity index is 1.56. The van der Waals surface area contributed by atoms with E-state index in [4.69, 9.17) is 5.73 Å². The van der Waals surface area contributed by atoms with Crippen LogP contribution in [-0.4, -0.2) is 17.4 Å². The zero-order valence-electron chi connectivity index (χ0n) is 13.9. The van der Waals surface area contributed by atoms with Crippen molar-refractivity contribution < 1.29 is 4.79 Å². The van der Waals surface area contributed by atoms with Crippen molar-refractivity contribution >= 4 is 22.5 Å². The summed E-state index contributed by atoms with van der Waals surface area (Å²) in [6.07, 6.45) is 4.26. The number of hydrogen-bond donors (Lipinski definition) is 3. The lowest BCUT2D eigenvalue weighted by Crippen LogP contribution is -2.27. The van der Waals surface area contributed by atoms with Gasteiger partial charge in [-0.2, -0.15) is 0 Å². The fraction of sp³-hybridized carbons (Fsp3) is 0.250. The molecule has 2 aromatic carbocycles. The topological polar surface area (TPSA) is 70.9 Å². The van der Waals surface area contributed by atoms with Crippen LogP contribution in [0.1, 0.15) is 23.6 Å². The molecule has 1 heterocycles. The van der Waals surface area contributed by atoms with Crippen LogP contribution in [0.15, 0.2) is 48.7 Å². The lowest BCUT2D eigenvalue weighted by molar-refractivity contribution is -0.120. The number of fused-ring (bicyclic) bond motifs is 1. The van der Waals surface area contributed by atoms with Crippen LogP contribution in [0, 0.1) is 0 Å². The summed E-state index contributed by atoms with van der Waals surface area (Å²) in [4.78, 5) is 15.4. The highest BCUT2D eigenvalue weighted by Crippen LogP contribution is 2.22. The van der Waals surface area contributed by atoms with Gasteiger partial charge in [0.15, 0.2) is 0 Å². The summed E-state index contributed by atoms with van der Waals surface area (Å²) in [7, 11) is 0. The van der Waals surface area contributed by atoms with Crippen molar-refractivity contribution in [3.8, 4) is 0 Å². The third-order valence-electron chi connectivity index (χ3n) is 4.33. The van der Waals surface area contributed by atoms with Crippen LogP contribution in [0.25, 0.3) is 10.9 Å². The number of rotatable bonds is 6.